The quantitative estimate of drug-likeness (QED) is 0.670. The molecule has 0 aromatic heterocycles. The van der Waals surface area contributed by atoms with Gasteiger partial charge >= 0.3 is 11.0 Å². The third kappa shape index (κ3) is 8.39. The number of nitrogens with one attached hydrogen (secondary N) is 1. The van der Waals surface area contributed by atoms with Gasteiger partial charge in [-0.05, 0) is 19.3 Å². The van der Waals surface area contributed by atoms with Crippen LogP contribution in [0.3, 0.4) is 0 Å². The Morgan fingerprint density at radius 3 is 1.81 bits per heavy atom. The van der Waals surface area contributed by atoms with Gasteiger partial charge in [0.15, 0.2) is 20.0 Å². The average Bonchev–Trinajstić information content (AvgIpc) is 2.42. The second-order valence-electron chi connectivity index (χ2n) is 5.97. The summed E-state index contributed by atoms with van der Waals surface area (Å²) < 4.78 is 109. The largest absolute Gasteiger partial charge is 0.480 e. The van der Waals surface area contributed by atoms with Crippen molar-refractivity contribution >= 4 is 20.0 Å². The maximum atomic E-state index is 11.4. The number of alkyl halides is 6. The molecule has 0 aromatic rings. The molecule has 0 saturated carbocycles. The third-order valence-electron chi connectivity index (χ3n) is 3.53. The van der Waals surface area contributed by atoms with E-state index in [9.17, 15) is 43.2 Å². The van der Waals surface area contributed by atoms with Crippen LogP contribution in [-0.4, -0.2) is 47.5 Å². The van der Waals surface area contributed by atoms with Crippen LogP contribution in [0.2, 0.25) is 0 Å². The second-order valence-corrected chi connectivity index (χ2v) is 9.39. The Labute approximate surface area is 149 Å². The summed E-state index contributed by atoms with van der Waals surface area (Å²) in [5.74, 6) is 0.982. The van der Waals surface area contributed by atoms with Crippen LogP contribution >= 0.6 is 0 Å². The van der Waals surface area contributed by atoms with Crippen LogP contribution < -0.4 is 4.90 Å². The highest BCUT2D eigenvalue weighted by Crippen LogP contribution is 2.36. The summed E-state index contributed by atoms with van der Waals surface area (Å²) in [5, 5.41) is 0. The number of unbranched alkanes of at least 4 members (excludes halogenated alkanes) is 1. The molecule has 0 radical (unpaired) electrons. The molecule has 158 valence electrons. The van der Waals surface area contributed by atoms with E-state index in [0.717, 1.165) is 10.0 Å². The van der Waals surface area contributed by atoms with Crippen LogP contribution in [-0.2, 0) is 20.0 Å². The second kappa shape index (κ2) is 9.55. The molecule has 2 unspecified atom stereocenters. The Morgan fingerprint density at radius 1 is 1.00 bits per heavy atom. The number of rotatable bonds is 5. The van der Waals surface area contributed by atoms with Crippen molar-refractivity contribution in [3.63, 3.8) is 0 Å². The molecule has 1 fully saturated rings. The number of nitrogens with zero attached hydrogens (tertiary/aromatic N) is 1. The standard InChI is InChI=1S/C10H21N.C2F6NO4S2/c1-3-4-7-11-8-5-6-10(2)9-11;3-1(4,5)14(10,11)9-15(12,13)2(6,7)8/h10H,3-9H2,1-2H3;/q;-1/p+1. The molecule has 0 aromatic carbocycles. The van der Waals surface area contributed by atoms with Crippen molar-refractivity contribution in [3.05, 3.63) is 4.13 Å². The zero-order valence-electron chi connectivity index (χ0n) is 14.2. The highest BCUT2D eigenvalue weighted by Gasteiger charge is 2.46. The first-order valence-corrected chi connectivity index (χ1v) is 10.6. The van der Waals surface area contributed by atoms with Crippen molar-refractivity contribution in [2.24, 2.45) is 5.92 Å². The number of quaternary nitrogens is 1. The van der Waals surface area contributed by atoms with E-state index in [1.165, 1.54) is 45.3 Å². The first kappa shape index (κ1) is 25.4. The van der Waals surface area contributed by atoms with Gasteiger partial charge in [-0.15, -0.1) is 0 Å². The summed E-state index contributed by atoms with van der Waals surface area (Å²) in [6.07, 6.45) is 5.70. The Morgan fingerprint density at radius 2 is 1.46 bits per heavy atom. The monoisotopic (exact) mass is 436 g/mol. The summed E-state index contributed by atoms with van der Waals surface area (Å²) in [6.45, 7) is 8.96. The molecule has 2 atom stereocenters. The number of hydrogen-bond donors (Lipinski definition) is 1. The summed E-state index contributed by atoms with van der Waals surface area (Å²) in [5.41, 5.74) is -12.4. The van der Waals surface area contributed by atoms with E-state index in [2.05, 4.69) is 13.8 Å². The number of likely N-dealkylation sites (tertiary alicyclic amines) is 1. The van der Waals surface area contributed by atoms with Crippen molar-refractivity contribution < 1.29 is 48.1 Å². The first-order valence-electron chi connectivity index (χ1n) is 7.74. The number of sulfonamides is 2. The Balaban J connectivity index is 0.000000502. The van der Waals surface area contributed by atoms with Crippen molar-refractivity contribution in [2.75, 3.05) is 19.6 Å². The van der Waals surface area contributed by atoms with E-state index in [1.807, 2.05) is 4.90 Å². The Hall–Kier alpha value is -0.600. The molecule has 0 spiro atoms. The minimum absolute atomic E-state index is 0.778. The van der Waals surface area contributed by atoms with Gasteiger partial charge in [0, 0.05) is 5.92 Å². The summed E-state index contributed by atoms with van der Waals surface area (Å²) >= 11 is 0. The molecule has 6 nitrogen and oxygen atoms in total. The SMILES string of the molecule is CCCC[NH+]1CCCC(C)C1.O=S(=O)([N-]S(=O)(=O)C(F)(F)F)C(F)(F)F. The maximum absolute atomic E-state index is 11.4. The van der Waals surface area contributed by atoms with Gasteiger partial charge in [0.25, 0.3) is 0 Å². The van der Waals surface area contributed by atoms with Crippen LogP contribution in [0.4, 0.5) is 26.3 Å². The van der Waals surface area contributed by atoms with Crippen molar-refractivity contribution in [1.82, 2.24) is 0 Å². The molecular weight excluding hydrogens is 414 g/mol. The molecule has 0 amide bonds. The predicted octanol–water partition coefficient (Wildman–Crippen LogP) is 2.16. The van der Waals surface area contributed by atoms with E-state index < -0.39 is 31.1 Å². The lowest BCUT2D eigenvalue weighted by Gasteiger charge is -2.27. The zero-order valence-corrected chi connectivity index (χ0v) is 15.8. The Bertz CT molecular complexity index is 589. The van der Waals surface area contributed by atoms with E-state index >= 15 is 0 Å². The predicted molar refractivity (Wildman–Crippen MR) is 82.2 cm³/mol. The van der Waals surface area contributed by atoms with Crippen molar-refractivity contribution in [2.45, 2.75) is 50.5 Å². The fourth-order valence-electron chi connectivity index (χ4n) is 2.26. The van der Waals surface area contributed by atoms with Gasteiger partial charge in [-0.3, -0.25) is 0 Å². The smallest absolute Gasteiger partial charge is 0.421 e. The fourth-order valence-corrected chi connectivity index (χ4v) is 3.97. The Kier molecular flexibility index (Phi) is 9.33. The van der Waals surface area contributed by atoms with Gasteiger partial charge in [0.1, 0.15) is 0 Å². The molecule has 1 heterocycles. The summed E-state index contributed by atoms with van der Waals surface area (Å²) in [6, 6.07) is 0. The van der Waals surface area contributed by atoms with Gasteiger partial charge in [-0.25, -0.2) is 16.8 Å². The molecule has 14 heteroatoms. The highest BCUT2D eigenvalue weighted by molar-refractivity contribution is 8.13. The number of halogens is 6. The topological polar surface area (TPSA) is 86.8 Å². The normalized spacial score (nSPS) is 22.5. The van der Waals surface area contributed by atoms with Crippen LogP contribution in [0.15, 0.2) is 0 Å². The summed E-state index contributed by atoms with van der Waals surface area (Å²) in [4.78, 5) is 1.85. The lowest BCUT2D eigenvalue weighted by Crippen LogP contribution is -3.13. The van der Waals surface area contributed by atoms with E-state index in [1.54, 1.807) is 0 Å². The fraction of sp³-hybridized carbons (Fsp3) is 1.00. The lowest BCUT2D eigenvalue weighted by atomic mass is 10.0. The number of piperidine rings is 1. The molecule has 1 saturated heterocycles. The minimum atomic E-state index is -6.72. The third-order valence-corrected chi connectivity index (χ3v) is 6.27. The van der Waals surface area contributed by atoms with E-state index in [-0.39, 0.29) is 0 Å². The van der Waals surface area contributed by atoms with E-state index in [4.69, 9.17) is 0 Å². The molecule has 1 aliphatic rings. The molecule has 1 rings (SSSR count). The zero-order chi connectivity index (χ0) is 20.8. The maximum Gasteiger partial charge on any atom is 0.480 e. The van der Waals surface area contributed by atoms with E-state index in [0.29, 0.717) is 0 Å². The van der Waals surface area contributed by atoms with Gasteiger partial charge in [-0.1, -0.05) is 20.3 Å². The van der Waals surface area contributed by atoms with Gasteiger partial charge < -0.3 is 9.03 Å². The van der Waals surface area contributed by atoms with Crippen LogP contribution in [0.25, 0.3) is 4.13 Å². The van der Waals surface area contributed by atoms with Gasteiger partial charge in [0.2, 0.25) is 0 Å². The first-order chi connectivity index (χ1) is 11.5. The molecule has 1 aliphatic heterocycles. The molecule has 26 heavy (non-hydrogen) atoms. The van der Waals surface area contributed by atoms with Gasteiger partial charge in [0.05, 0.1) is 19.6 Å². The molecule has 0 bridgehead atoms. The van der Waals surface area contributed by atoms with Crippen molar-refractivity contribution in [3.8, 4) is 0 Å². The summed E-state index contributed by atoms with van der Waals surface area (Å²) in [7, 11) is -13.4. The van der Waals surface area contributed by atoms with Crippen LogP contribution in [0, 0.1) is 5.92 Å². The average molecular weight is 436 g/mol. The number of hydrogen-bond acceptors (Lipinski definition) is 4. The molecule has 1 N–H and O–H groups in total. The molecular formula is C12H22F6N2O4S2. The highest BCUT2D eigenvalue weighted by atomic mass is 32.3. The minimum Gasteiger partial charge on any atom is -0.421 e. The van der Waals surface area contributed by atoms with Crippen molar-refractivity contribution in [1.29, 1.82) is 0 Å². The van der Waals surface area contributed by atoms with Crippen LogP contribution in [0.1, 0.15) is 39.5 Å². The van der Waals surface area contributed by atoms with Crippen LogP contribution in [0.5, 0.6) is 0 Å². The molecule has 0 aliphatic carbocycles. The lowest BCUT2D eigenvalue weighted by molar-refractivity contribution is -0.908. The van der Waals surface area contributed by atoms with Gasteiger partial charge in [-0.2, -0.15) is 26.3 Å².